The van der Waals surface area contributed by atoms with E-state index in [4.69, 9.17) is 32.7 Å². The molecular weight excluding hydrogens is 465 g/mol. The SMILES string of the molecule is COc1cc(/C=N\NC(=O)CNC(=O)c2ccc(Cl)c(Cl)c2)ccc1OCc1ccccc1. The summed E-state index contributed by atoms with van der Waals surface area (Å²) in [5.74, 6) is 0.181. The Morgan fingerprint density at radius 2 is 1.76 bits per heavy atom. The summed E-state index contributed by atoms with van der Waals surface area (Å²) in [4.78, 5) is 24.1. The van der Waals surface area contributed by atoms with Crippen molar-refractivity contribution < 1.29 is 19.1 Å². The van der Waals surface area contributed by atoms with E-state index in [1.165, 1.54) is 24.4 Å². The number of hydrazone groups is 1. The minimum atomic E-state index is -0.491. The smallest absolute Gasteiger partial charge is 0.259 e. The number of hydrogen-bond donors (Lipinski definition) is 2. The molecule has 33 heavy (non-hydrogen) atoms. The fourth-order valence-electron chi connectivity index (χ4n) is 2.74. The third kappa shape index (κ3) is 7.24. The first-order chi connectivity index (χ1) is 16.0. The zero-order chi connectivity index (χ0) is 23.6. The summed E-state index contributed by atoms with van der Waals surface area (Å²) in [6, 6.07) is 19.5. The summed E-state index contributed by atoms with van der Waals surface area (Å²) in [6.07, 6.45) is 1.46. The van der Waals surface area contributed by atoms with E-state index in [1.807, 2.05) is 30.3 Å². The second kappa shape index (κ2) is 11.9. The number of carbonyl (C=O) groups excluding carboxylic acids is 2. The number of halogens is 2. The van der Waals surface area contributed by atoms with Crippen LogP contribution in [0, 0.1) is 0 Å². The maximum absolute atomic E-state index is 12.1. The third-order valence-corrected chi connectivity index (χ3v) is 5.16. The normalized spacial score (nSPS) is 10.6. The topological polar surface area (TPSA) is 89.0 Å². The van der Waals surface area contributed by atoms with Crippen molar-refractivity contribution in [2.75, 3.05) is 13.7 Å². The van der Waals surface area contributed by atoms with Gasteiger partial charge in [0.1, 0.15) is 6.61 Å². The molecule has 3 aromatic carbocycles. The molecule has 3 rings (SSSR count). The monoisotopic (exact) mass is 485 g/mol. The first-order valence-corrected chi connectivity index (χ1v) is 10.6. The van der Waals surface area contributed by atoms with Crippen molar-refractivity contribution in [1.82, 2.24) is 10.7 Å². The number of benzene rings is 3. The second-order valence-electron chi connectivity index (χ2n) is 6.79. The number of carbonyl (C=O) groups is 2. The molecule has 3 aromatic rings. The molecule has 0 aliphatic carbocycles. The molecule has 9 heteroatoms. The third-order valence-electron chi connectivity index (χ3n) is 4.42. The molecule has 0 spiro atoms. The summed E-state index contributed by atoms with van der Waals surface area (Å²) in [6.45, 7) is 0.153. The lowest BCUT2D eigenvalue weighted by Crippen LogP contribution is -2.34. The number of amides is 2. The number of nitrogens with one attached hydrogen (secondary N) is 2. The van der Waals surface area contributed by atoms with Crippen LogP contribution in [0.15, 0.2) is 71.8 Å². The van der Waals surface area contributed by atoms with Crippen molar-refractivity contribution in [3.8, 4) is 11.5 Å². The van der Waals surface area contributed by atoms with Gasteiger partial charge in [0, 0.05) is 5.56 Å². The van der Waals surface area contributed by atoms with Gasteiger partial charge in [-0.25, -0.2) is 5.43 Å². The van der Waals surface area contributed by atoms with Crippen molar-refractivity contribution in [2.45, 2.75) is 6.61 Å². The average Bonchev–Trinajstić information content (AvgIpc) is 2.83. The molecule has 0 radical (unpaired) electrons. The Kier molecular flexibility index (Phi) is 8.69. The highest BCUT2D eigenvalue weighted by atomic mass is 35.5. The van der Waals surface area contributed by atoms with Crippen LogP contribution in [0.2, 0.25) is 10.0 Å². The van der Waals surface area contributed by atoms with Crippen LogP contribution in [-0.2, 0) is 11.4 Å². The zero-order valence-electron chi connectivity index (χ0n) is 17.7. The first kappa shape index (κ1) is 24.1. The van der Waals surface area contributed by atoms with Crippen LogP contribution in [0.25, 0.3) is 0 Å². The van der Waals surface area contributed by atoms with Crippen molar-refractivity contribution >= 4 is 41.2 Å². The molecule has 0 bridgehead atoms. The van der Waals surface area contributed by atoms with Crippen LogP contribution in [0.4, 0.5) is 0 Å². The van der Waals surface area contributed by atoms with E-state index < -0.39 is 11.8 Å². The van der Waals surface area contributed by atoms with E-state index in [-0.39, 0.29) is 11.6 Å². The fraction of sp³-hybridized carbons (Fsp3) is 0.125. The highest BCUT2D eigenvalue weighted by molar-refractivity contribution is 6.42. The second-order valence-corrected chi connectivity index (χ2v) is 7.60. The minimum absolute atomic E-state index is 0.255. The Labute approximate surface area is 201 Å². The number of nitrogens with zero attached hydrogens (tertiary/aromatic N) is 1. The molecule has 0 unspecified atom stereocenters. The quantitative estimate of drug-likeness (QED) is 0.345. The van der Waals surface area contributed by atoms with E-state index in [2.05, 4.69) is 15.8 Å². The molecule has 0 aliphatic heterocycles. The zero-order valence-corrected chi connectivity index (χ0v) is 19.2. The van der Waals surface area contributed by atoms with Gasteiger partial charge in [0.05, 0.1) is 29.9 Å². The van der Waals surface area contributed by atoms with Crippen LogP contribution in [0.5, 0.6) is 11.5 Å². The molecule has 0 atom stereocenters. The highest BCUT2D eigenvalue weighted by Crippen LogP contribution is 2.28. The van der Waals surface area contributed by atoms with Gasteiger partial charge in [0.2, 0.25) is 0 Å². The van der Waals surface area contributed by atoms with Gasteiger partial charge < -0.3 is 14.8 Å². The van der Waals surface area contributed by atoms with Crippen molar-refractivity contribution in [3.05, 3.63) is 93.5 Å². The summed E-state index contributed by atoms with van der Waals surface area (Å²) in [7, 11) is 1.55. The van der Waals surface area contributed by atoms with Gasteiger partial charge in [-0.1, -0.05) is 53.5 Å². The molecule has 2 amide bonds. The predicted octanol–water partition coefficient (Wildman–Crippen LogP) is 4.46. The van der Waals surface area contributed by atoms with E-state index in [1.54, 1.807) is 25.3 Å². The molecule has 0 fully saturated rings. The van der Waals surface area contributed by atoms with Gasteiger partial charge in [-0.05, 0) is 47.5 Å². The van der Waals surface area contributed by atoms with Crippen LogP contribution in [0.3, 0.4) is 0 Å². The number of rotatable bonds is 9. The maximum atomic E-state index is 12.1. The number of hydrogen-bond acceptors (Lipinski definition) is 5. The minimum Gasteiger partial charge on any atom is -0.493 e. The molecule has 0 saturated heterocycles. The molecule has 7 nitrogen and oxygen atoms in total. The molecule has 2 N–H and O–H groups in total. The molecule has 0 heterocycles. The van der Waals surface area contributed by atoms with Gasteiger partial charge in [-0.15, -0.1) is 0 Å². The lowest BCUT2D eigenvalue weighted by molar-refractivity contribution is -0.120. The number of ether oxygens (including phenoxy) is 2. The fourth-order valence-corrected chi connectivity index (χ4v) is 3.04. The average molecular weight is 486 g/mol. The Bertz CT molecular complexity index is 1150. The lowest BCUT2D eigenvalue weighted by Gasteiger charge is -2.11. The van der Waals surface area contributed by atoms with Crippen molar-refractivity contribution in [1.29, 1.82) is 0 Å². The van der Waals surface area contributed by atoms with E-state index in [9.17, 15) is 9.59 Å². The van der Waals surface area contributed by atoms with Gasteiger partial charge in [-0.3, -0.25) is 9.59 Å². The van der Waals surface area contributed by atoms with E-state index in [0.717, 1.165) is 5.56 Å². The summed E-state index contributed by atoms with van der Waals surface area (Å²) < 4.78 is 11.2. The first-order valence-electron chi connectivity index (χ1n) is 9.86. The molecule has 0 aliphatic rings. The number of methoxy groups -OCH3 is 1. The van der Waals surface area contributed by atoms with E-state index in [0.29, 0.717) is 34.3 Å². The van der Waals surface area contributed by atoms with Crippen molar-refractivity contribution in [2.24, 2.45) is 5.10 Å². The Morgan fingerprint density at radius 1 is 0.970 bits per heavy atom. The molecule has 170 valence electrons. The van der Waals surface area contributed by atoms with Crippen LogP contribution >= 0.6 is 23.2 Å². The summed E-state index contributed by atoms with van der Waals surface area (Å²) >= 11 is 11.7. The van der Waals surface area contributed by atoms with Gasteiger partial charge in [-0.2, -0.15) is 5.10 Å². The summed E-state index contributed by atoms with van der Waals surface area (Å²) in [5, 5.41) is 6.99. The Morgan fingerprint density at radius 3 is 2.48 bits per heavy atom. The van der Waals surface area contributed by atoms with Gasteiger partial charge in [0.15, 0.2) is 11.5 Å². The Hall–Kier alpha value is -3.55. The van der Waals surface area contributed by atoms with Crippen molar-refractivity contribution in [3.63, 3.8) is 0 Å². The predicted molar refractivity (Wildman–Crippen MR) is 128 cm³/mol. The summed E-state index contributed by atoms with van der Waals surface area (Å²) in [5.41, 5.74) is 4.38. The van der Waals surface area contributed by atoms with E-state index >= 15 is 0 Å². The lowest BCUT2D eigenvalue weighted by atomic mass is 10.2. The van der Waals surface area contributed by atoms with Gasteiger partial charge >= 0.3 is 0 Å². The Balaban J connectivity index is 1.50. The molecular formula is C24H21Cl2N3O4. The van der Waals surface area contributed by atoms with Crippen LogP contribution in [0.1, 0.15) is 21.5 Å². The van der Waals surface area contributed by atoms with Crippen LogP contribution < -0.4 is 20.2 Å². The standard InChI is InChI=1S/C24H21Cl2N3O4/c1-32-22-11-17(7-10-21(22)33-15-16-5-3-2-4-6-16)13-28-29-23(30)14-27-24(31)18-8-9-19(25)20(26)12-18/h2-13H,14-15H2,1H3,(H,27,31)(H,29,30)/b28-13-. The largest absolute Gasteiger partial charge is 0.493 e. The van der Waals surface area contributed by atoms with Gasteiger partial charge in [0.25, 0.3) is 11.8 Å². The van der Waals surface area contributed by atoms with Crippen LogP contribution in [-0.4, -0.2) is 31.7 Å². The highest BCUT2D eigenvalue weighted by Gasteiger charge is 2.10. The molecule has 0 saturated carbocycles. The molecule has 0 aromatic heterocycles. The maximum Gasteiger partial charge on any atom is 0.259 e.